The minimum absolute atomic E-state index is 1.02. The van der Waals surface area contributed by atoms with Crippen LogP contribution in [0.2, 0.25) is 0 Å². The van der Waals surface area contributed by atoms with Crippen LogP contribution in [0.15, 0.2) is 29.9 Å². The lowest BCUT2D eigenvalue weighted by atomic mass is 10.2. The smallest absolute Gasteiger partial charge is 0.0901 e. The molecule has 2 aromatic heterocycles. The summed E-state index contributed by atoms with van der Waals surface area (Å²) in [5.41, 5.74) is 2.10. The zero-order valence-electron chi connectivity index (χ0n) is 8.69. The van der Waals surface area contributed by atoms with E-state index in [-0.39, 0.29) is 0 Å². The Hall–Kier alpha value is -1.22. The molecule has 0 aromatic carbocycles. The molecule has 0 aliphatic rings. The Morgan fingerprint density at radius 1 is 1.29 bits per heavy atom. The summed E-state index contributed by atoms with van der Waals surface area (Å²) >= 11 is 1.66. The van der Waals surface area contributed by atoms with Crippen LogP contribution in [0.1, 0.15) is 18.9 Å². The van der Waals surface area contributed by atoms with Crippen molar-refractivity contribution in [3.05, 3.63) is 34.9 Å². The molecule has 2 heterocycles. The monoisotopic (exact) mass is 206 g/mol. The second-order valence-electron chi connectivity index (χ2n) is 2.49. The SMILES string of the molecule is CC.Cc1nc(-c2cccnc2)cs1. The van der Waals surface area contributed by atoms with Crippen molar-refractivity contribution in [1.82, 2.24) is 9.97 Å². The number of pyridine rings is 1. The second-order valence-corrected chi connectivity index (χ2v) is 3.56. The zero-order valence-corrected chi connectivity index (χ0v) is 9.51. The highest BCUT2D eigenvalue weighted by molar-refractivity contribution is 7.09. The van der Waals surface area contributed by atoms with E-state index >= 15 is 0 Å². The summed E-state index contributed by atoms with van der Waals surface area (Å²) in [4.78, 5) is 8.39. The van der Waals surface area contributed by atoms with Gasteiger partial charge in [0.05, 0.1) is 10.7 Å². The van der Waals surface area contributed by atoms with E-state index in [9.17, 15) is 0 Å². The number of hydrogen-bond donors (Lipinski definition) is 0. The Morgan fingerprint density at radius 3 is 2.57 bits per heavy atom. The minimum Gasteiger partial charge on any atom is -0.264 e. The van der Waals surface area contributed by atoms with E-state index in [0.717, 1.165) is 16.3 Å². The Kier molecular flexibility index (Phi) is 4.26. The average molecular weight is 206 g/mol. The molecule has 14 heavy (non-hydrogen) atoms. The summed E-state index contributed by atoms with van der Waals surface area (Å²) in [6.07, 6.45) is 3.59. The first kappa shape index (κ1) is 10.9. The predicted octanol–water partition coefficient (Wildman–Crippen LogP) is 3.54. The van der Waals surface area contributed by atoms with Gasteiger partial charge in [-0.15, -0.1) is 11.3 Å². The molecule has 2 rings (SSSR count). The number of thiazole rings is 1. The number of aromatic nitrogens is 2. The third-order valence-corrected chi connectivity index (χ3v) is 2.35. The van der Waals surface area contributed by atoms with Gasteiger partial charge in [0, 0.05) is 23.3 Å². The number of aryl methyl sites for hydroxylation is 1. The Morgan fingerprint density at radius 2 is 2.07 bits per heavy atom. The molecule has 2 aromatic rings. The van der Waals surface area contributed by atoms with Crippen LogP contribution >= 0.6 is 11.3 Å². The Bertz CT molecular complexity index is 368. The van der Waals surface area contributed by atoms with Crippen LogP contribution < -0.4 is 0 Å². The molecule has 0 radical (unpaired) electrons. The molecule has 0 amide bonds. The van der Waals surface area contributed by atoms with E-state index < -0.39 is 0 Å². The number of hydrogen-bond acceptors (Lipinski definition) is 3. The molecule has 0 unspecified atom stereocenters. The molecule has 2 nitrogen and oxygen atoms in total. The summed E-state index contributed by atoms with van der Waals surface area (Å²) in [5.74, 6) is 0. The normalized spacial score (nSPS) is 9.07. The van der Waals surface area contributed by atoms with Crippen molar-refractivity contribution in [3.63, 3.8) is 0 Å². The highest BCUT2D eigenvalue weighted by atomic mass is 32.1. The van der Waals surface area contributed by atoms with E-state index in [4.69, 9.17) is 0 Å². The molecular formula is C11H14N2S. The van der Waals surface area contributed by atoms with E-state index in [1.54, 1.807) is 17.5 Å². The van der Waals surface area contributed by atoms with Gasteiger partial charge in [-0.25, -0.2) is 4.98 Å². The highest BCUT2D eigenvalue weighted by Gasteiger charge is 1.99. The Labute approximate surface area is 88.7 Å². The van der Waals surface area contributed by atoms with E-state index in [2.05, 4.69) is 9.97 Å². The van der Waals surface area contributed by atoms with Gasteiger partial charge in [0.2, 0.25) is 0 Å². The van der Waals surface area contributed by atoms with E-state index in [1.807, 2.05) is 44.5 Å². The summed E-state index contributed by atoms with van der Waals surface area (Å²) in [6.45, 7) is 6.00. The summed E-state index contributed by atoms with van der Waals surface area (Å²) in [5, 5.41) is 3.14. The van der Waals surface area contributed by atoms with Crippen LogP contribution in [0.5, 0.6) is 0 Å². The van der Waals surface area contributed by atoms with Gasteiger partial charge in [0.15, 0.2) is 0 Å². The maximum Gasteiger partial charge on any atom is 0.0901 e. The molecule has 0 N–H and O–H groups in total. The van der Waals surface area contributed by atoms with E-state index in [1.165, 1.54) is 0 Å². The lowest BCUT2D eigenvalue weighted by Gasteiger charge is -1.92. The van der Waals surface area contributed by atoms with Crippen molar-refractivity contribution in [1.29, 1.82) is 0 Å². The van der Waals surface area contributed by atoms with Gasteiger partial charge in [-0.3, -0.25) is 4.98 Å². The maximum atomic E-state index is 4.36. The third kappa shape index (κ3) is 2.64. The molecule has 0 bridgehead atoms. The molecule has 3 heteroatoms. The van der Waals surface area contributed by atoms with Crippen LogP contribution in [-0.2, 0) is 0 Å². The first-order chi connectivity index (χ1) is 6.86. The summed E-state index contributed by atoms with van der Waals surface area (Å²) in [6, 6.07) is 3.94. The van der Waals surface area contributed by atoms with E-state index in [0.29, 0.717) is 0 Å². The minimum atomic E-state index is 1.02. The van der Waals surface area contributed by atoms with Gasteiger partial charge in [-0.1, -0.05) is 13.8 Å². The van der Waals surface area contributed by atoms with Gasteiger partial charge in [0.25, 0.3) is 0 Å². The maximum absolute atomic E-state index is 4.36. The van der Waals surface area contributed by atoms with Crippen LogP contribution in [0.4, 0.5) is 0 Å². The molecule has 0 saturated carbocycles. The lowest BCUT2D eigenvalue weighted by molar-refractivity contribution is 1.27. The van der Waals surface area contributed by atoms with Crippen molar-refractivity contribution in [2.75, 3.05) is 0 Å². The third-order valence-electron chi connectivity index (χ3n) is 1.58. The quantitative estimate of drug-likeness (QED) is 0.713. The topological polar surface area (TPSA) is 25.8 Å². The molecular weight excluding hydrogens is 192 g/mol. The van der Waals surface area contributed by atoms with Gasteiger partial charge >= 0.3 is 0 Å². The first-order valence-corrected chi connectivity index (χ1v) is 5.57. The fraction of sp³-hybridized carbons (Fsp3) is 0.273. The van der Waals surface area contributed by atoms with Gasteiger partial charge in [-0.05, 0) is 19.1 Å². The molecule has 74 valence electrons. The lowest BCUT2D eigenvalue weighted by Crippen LogP contribution is -1.78. The van der Waals surface area contributed by atoms with Crippen molar-refractivity contribution in [2.45, 2.75) is 20.8 Å². The van der Waals surface area contributed by atoms with Crippen LogP contribution in [0, 0.1) is 6.92 Å². The molecule has 0 fully saturated rings. The van der Waals surface area contributed by atoms with Crippen molar-refractivity contribution in [2.24, 2.45) is 0 Å². The van der Waals surface area contributed by atoms with Crippen molar-refractivity contribution < 1.29 is 0 Å². The van der Waals surface area contributed by atoms with Gasteiger partial charge in [0.1, 0.15) is 0 Å². The number of rotatable bonds is 1. The predicted molar refractivity (Wildman–Crippen MR) is 61.4 cm³/mol. The van der Waals surface area contributed by atoms with Crippen LogP contribution in [0.3, 0.4) is 0 Å². The zero-order chi connectivity index (χ0) is 10.4. The largest absolute Gasteiger partial charge is 0.264 e. The second kappa shape index (κ2) is 5.50. The van der Waals surface area contributed by atoms with Crippen LogP contribution in [-0.4, -0.2) is 9.97 Å². The fourth-order valence-corrected chi connectivity index (χ4v) is 1.63. The molecule has 0 spiro atoms. The summed E-state index contributed by atoms with van der Waals surface area (Å²) < 4.78 is 0. The highest BCUT2D eigenvalue weighted by Crippen LogP contribution is 2.19. The first-order valence-electron chi connectivity index (χ1n) is 4.69. The van der Waals surface area contributed by atoms with Gasteiger partial charge < -0.3 is 0 Å². The summed E-state index contributed by atoms with van der Waals surface area (Å²) in [7, 11) is 0. The average Bonchev–Trinajstić information content (AvgIpc) is 2.69. The molecule has 0 atom stereocenters. The van der Waals surface area contributed by atoms with Crippen LogP contribution in [0.25, 0.3) is 11.3 Å². The molecule has 0 saturated heterocycles. The number of nitrogens with zero attached hydrogens (tertiary/aromatic N) is 2. The fourth-order valence-electron chi connectivity index (χ4n) is 1.01. The van der Waals surface area contributed by atoms with Crippen molar-refractivity contribution >= 4 is 11.3 Å². The van der Waals surface area contributed by atoms with Gasteiger partial charge in [-0.2, -0.15) is 0 Å². The Balaban J connectivity index is 0.000000461. The molecule has 0 aliphatic carbocycles. The molecule has 0 aliphatic heterocycles. The standard InChI is InChI=1S/C9H8N2S.C2H6/c1-7-11-9(6-12-7)8-3-2-4-10-5-8;1-2/h2-6H,1H3;1-2H3. The van der Waals surface area contributed by atoms with Crippen molar-refractivity contribution in [3.8, 4) is 11.3 Å².